The highest BCUT2D eigenvalue weighted by Gasteiger charge is 2.35. The van der Waals surface area contributed by atoms with Crippen LogP contribution in [0.2, 0.25) is 0 Å². The van der Waals surface area contributed by atoms with E-state index in [0.29, 0.717) is 5.56 Å². The predicted molar refractivity (Wildman–Crippen MR) is 85.3 cm³/mol. The molecule has 1 aliphatic rings. The second-order valence-corrected chi connectivity index (χ2v) is 6.70. The van der Waals surface area contributed by atoms with Crippen molar-refractivity contribution in [2.24, 2.45) is 5.92 Å². The van der Waals surface area contributed by atoms with Gasteiger partial charge in [-0.25, -0.2) is 0 Å². The number of nitrogens with one attached hydrogen (secondary N) is 1. The van der Waals surface area contributed by atoms with Crippen molar-refractivity contribution in [3.63, 3.8) is 0 Å². The largest absolute Gasteiger partial charge is 0.346 e. The van der Waals surface area contributed by atoms with Crippen molar-refractivity contribution < 1.29 is 4.79 Å². The summed E-state index contributed by atoms with van der Waals surface area (Å²) in [4.78, 5) is 16.9. The summed E-state index contributed by atoms with van der Waals surface area (Å²) in [6.45, 7) is 6.12. The van der Waals surface area contributed by atoms with Gasteiger partial charge >= 0.3 is 0 Å². The highest BCUT2D eigenvalue weighted by Crippen LogP contribution is 2.33. The fraction of sp³-hybridized carbons (Fsp3) is 0.625. The number of amides is 1. The molecule has 0 aliphatic heterocycles. The van der Waals surface area contributed by atoms with Crippen LogP contribution < -0.4 is 5.32 Å². The maximum atomic E-state index is 12.5. The number of aryl methyl sites for hydroxylation is 2. The zero-order valence-electron chi connectivity index (χ0n) is 12.5. The molecule has 0 saturated heterocycles. The number of hydrogen-bond acceptors (Lipinski definition) is 2. The first-order valence-corrected chi connectivity index (χ1v) is 8.41. The SMILES string of the molecule is Cc1ccc(C(=O)NC2(CBr)CCC(C)CC2)c(C)n1. The third-order valence-electron chi connectivity index (χ3n) is 4.34. The van der Waals surface area contributed by atoms with E-state index < -0.39 is 0 Å². The Labute approximate surface area is 129 Å². The van der Waals surface area contributed by atoms with Gasteiger partial charge in [-0.1, -0.05) is 22.9 Å². The van der Waals surface area contributed by atoms with E-state index in [4.69, 9.17) is 0 Å². The van der Waals surface area contributed by atoms with Crippen LogP contribution in [-0.2, 0) is 0 Å². The molecular weight excluding hydrogens is 316 g/mol. The summed E-state index contributed by atoms with van der Waals surface area (Å²) in [5, 5.41) is 4.07. The summed E-state index contributed by atoms with van der Waals surface area (Å²) < 4.78 is 0. The summed E-state index contributed by atoms with van der Waals surface area (Å²) in [5.74, 6) is 0.769. The standard InChI is InChI=1S/C16H23BrN2O/c1-11-6-8-16(10-17,9-7-11)19-15(20)14-5-4-12(2)18-13(14)3/h4-5,11H,6-10H2,1-3H3,(H,19,20). The van der Waals surface area contributed by atoms with Crippen LogP contribution in [0.1, 0.15) is 54.4 Å². The Morgan fingerprint density at radius 2 is 2.05 bits per heavy atom. The quantitative estimate of drug-likeness (QED) is 0.852. The molecule has 0 bridgehead atoms. The topological polar surface area (TPSA) is 42.0 Å². The molecular formula is C16H23BrN2O. The van der Waals surface area contributed by atoms with E-state index in [1.807, 2.05) is 26.0 Å². The number of nitrogens with zero attached hydrogens (tertiary/aromatic N) is 1. The summed E-state index contributed by atoms with van der Waals surface area (Å²) in [5.41, 5.74) is 2.34. The van der Waals surface area contributed by atoms with Crippen molar-refractivity contribution in [1.29, 1.82) is 0 Å². The first-order chi connectivity index (χ1) is 9.46. The fourth-order valence-corrected chi connectivity index (χ4v) is 3.54. The number of hydrogen-bond donors (Lipinski definition) is 1. The predicted octanol–water partition coefficient (Wildman–Crippen LogP) is 3.77. The van der Waals surface area contributed by atoms with Crippen LogP contribution in [0.4, 0.5) is 0 Å². The maximum absolute atomic E-state index is 12.5. The first-order valence-electron chi connectivity index (χ1n) is 7.28. The number of carbonyl (C=O) groups excluding carboxylic acids is 1. The normalized spacial score (nSPS) is 26.3. The van der Waals surface area contributed by atoms with E-state index in [2.05, 4.69) is 33.2 Å². The Kier molecular flexibility index (Phi) is 4.84. The monoisotopic (exact) mass is 338 g/mol. The van der Waals surface area contributed by atoms with Gasteiger partial charge in [-0.05, 0) is 57.6 Å². The minimum absolute atomic E-state index is 0.00371. The molecule has 4 heteroatoms. The van der Waals surface area contributed by atoms with Gasteiger partial charge in [0.25, 0.3) is 5.91 Å². The zero-order chi connectivity index (χ0) is 14.8. The summed E-state index contributed by atoms with van der Waals surface area (Å²) in [7, 11) is 0. The molecule has 20 heavy (non-hydrogen) atoms. The van der Waals surface area contributed by atoms with Crippen LogP contribution in [0.5, 0.6) is 0 Å². The molecule has 0 atom stereocenters. The summed E-state index contributed by atoms with van der Waals surface area (Å²) in [6.07, 6.45) is 4.45. The molecule has 1 aromatic rings. The van der Waals surface area contributed by atoms with Crippen molar-refractivity contribution in [3.8, 4) is 0 Å². The van der Waals surface area contributed by atoms with Crippen molar-refractivity contribution >= 4 is 21.8 Å². The third-order valence-corrected chi connectivity index (χ3v) is 5.41. The zero-order valence-corrected chi connectivity index (χ0v) is 14.1. The maximum Gasteiger partial charge on any atom is 0.253 e. The van der Waals surface area contributed by atoms with Gasteiger partial charge in [0, 0.05) is 11.0 Å². The molecule has 110 valence electrons. The Bertz CT molecular complexity index is 493. The lowest BCUT2D eigenvalue weighted by Gasteiger charge is -2.39. The van der Waals surface area contributed by atoms with Crippen molar-refractivity contribution in [3.05, 3.63) is 29.1 Å². The van der Waals surface area contributed by atoms with Crippen LogP contribution >= 0.6 is 15.9 Å². The van der Waals surface area contributed by atoms with Gasteiger partial charge in [-0.3, -0.25) is 9.78 Å². The molecule has 0 spiro atoms. The second-order valence-electron chi connectivity index (χ2n) is 6.14. The fourth-order valence-electron chi connectivity index (χ4n) is 2.84. The number of rotatable bonds is 3. The van der Waals surface area contributed by atoms with Gasteiger partial charge in [-0.2, -0.15) is 0 Å². The van der Waals surface area contributed by atoms with Gasteiger partial charge in [0.2, 0.25) is 0 Å². The minimum Gasteiger partial charge on any atom is -0.346 e. The number of halogens is 1. The Balaban J connectivity index is 2.13. The summed E-state index contributed by atoms with van der Waals surface area (Å²) >= 11 is 3.59. The Morgan fingerprint density at radius 1 is 1.40 bits per heavy atom. The molecule has 1 heterocycles. The van der Waals surface area contributed by atoms with Crippen molar-refractivity contribution in [1.82, 2.24) is 10.3 Å². The number of pyridine rings is 1. The molecule has 1 aromatic heterocycles. The van der Waals surface area contributed by atoms with Crippen LogP contribution in [0.15, 0.2) is 12.1 Å². The van der Waals surface area contributed by atoms with Gasteiger partial charge in [0.15, 0.2) is 0 Å². The lowest BCUT2D eigenvalue weighted by Crippen LogP contribution is -2.52. The Hall–Kier alpha value is -0.900. The average Bonchev–Trinajstić information content (AvgIpc) is 2.41. The van der Waals surface area contributed by atoms with E-state index in [-0.39, 0.29) is 11.4 Å². The lowest BCUT2D eigenvalue weighted by molar-refractivity contribution is 0.0873. The molecule has 1 aliphatic carbocycles. The summed E-state index contributed by atoms with van der Waals surface area (Å²) in [6, 6.07) is 3.77. The molecule has 2 rings (SSSR count). The number of alkyl halides is 1. The molecule has 0 radical (unpaired) electrons. The van der Waals surface area contributed by atoms with Gasteiger partial charge in [0.05, 0.1) is 16.8 Å². The molecule has 1 fully saturated rings. The van der Waals surface area contributed by atoms with Gasteiger partial charge < -0.3 is 5.32 Å². The van der Waals surface area contributed by atoms with Crippen LogP contribution in [-0.4, -0.2) is 21.8 Å². The van der Waals surface area contributed by atoms with Crippen LogP contribution in [0.3, 0.4) is 0 Å². The smallest absolute Gasteiger partial charge is 0.253 e. The lowest BCUT2D eigenvalue weighted by atomic mass is 9.78. The van der Waals surface area contributed by atoms with Crippen molar-refractivity contribution in [2.45, 2.75) is 52.0 Å². The van der Waals surface area contributed by atoms with E-state index in [1.165, 1.54) is 12.8 Å². The van der Waals surface area contributed by atoms with E-state index >= 15 is 0 Å². The number of carbonyl (C=O) groups is 1. The van der Waals surface area contributed by atoms with Gasteiger partial charge in [-0.15, -0.1) is 0 Å². The van der Waals surface area contributed by atoms with E-state index in [0.717, 1.165) is 35.5 Å². The minimum atomic E-state index is -0.0963. The number of aromatic nitrogens is 1. The van der Waals surface area contributed by atoms with Crippen molar-refractivity contribution in [2.75, 3.05) is 5.33 Å². The first kappa shape index (κ1) is 15.5. The Morgan fingerprint density at radius 3 is 2.60 bits per heavy atom. The molecule has 1 amide bonds. The van der Waals surface area contributed by atoms with Crippen LogP contribution in [0, 0.1) is 19.8 Å². The average molecular weight is 339 g/mol. The van der Waals surface area contributed by atoms with Crippen LogP contribution in [0.25, 0.3) is 0 Å². The molecule has 1 saturated carbocycles. The molecule has 1 N–H and O–H groups in total. The van der Waals surface area contributed by atoms with Gasteiger partial charge in [0.1, 0.15) is 0 Å². The van der Waals surface area contributed by atoms with E-state index in [1.54, 1.807) is 0 Å². The molecule has 0 unspecified atom stereocenters. The second kappa shape index (κ2) is 6.25. The highest BCUT2D eigenvalue weighted by atomic mass is 79.9. The molecule has 3 nitrogen and oxygen atoms in total. The molecule has 0 aromatic carbocycles. The van der Waals surface area contributed by atoms with E-state index in [9.17, 15) is 4.79 Å². The highest BCUT2D eigenvalue weighted by molar-refractivity contribution is 9.09. The third kappa shape index (κ3) is 3.40.